The van der Waals surface area contributed by atoms with Crippen LogP contribution in [0.3, 0.4) is 0 Å². The summed E-state index contributed by atoms with van der Waals surface area (Å²) in [7, 11) is 0. The summed E-state index contributed by atoms with van der Waals surface area (Å²) in [5.41, 5.74) is 5.58. The molecule has 0 unspecified atom stereocenters. The Balaban J connectivity index is 0.00000736. The fourth-order valence-electron chi connectivity index (χ4n) is 9.24. The molecule has 0 radical (unpaired) electrons. The Hall–Kier alpha value is -7.78. The van der Waals surface area contributed by atoms with Crippen molar-refractivity contribution in [2.45, 2.75) is 25.7 Å². The molecule has 336 valence electrons. The van der Waals surface area contributed by atoms with Crippen molar-refractivity contribution in [3.8, 4) is 39.2 Å². The number of benzene rings is 9. The van der Waals surface area contributed by atoms with Gasteiger partial charge in [0.2, 0.25) is 0 Å². The third kappa shape index (κ3) is 8.05. The van der Waals surface area contributed by atoms with Crippen LogP contribution in [0.15, 0.2) is 230 Å². The van der Waals surface area contributed by atoms with Gasteiger partial charge in [0.1, 0.15) is 5.82 Å². The predicted octanol–water partition coefficient (Wildman–Crippen LogP) is 16.1. The number of rotatable bonds is 10. The molecule has 1 aliphatic heterocycles. The van der Waals surface area contributed by atoms with Crippen molar-refractivity contribution in [2.75, 3.05) is 9.80 Å². The van der Waals surface area contributed by atoms with E-state index in [-0.39, 0.29) is 65.5 Å². The van der Waals surface area contributed by atoms with E-state index in [2.05, 4.69) is 79.1 Å². The summed E-state index contributed by atoms with van der Waals surface area (Å²) in [6.07, 6.45) is 2.25. The van der Waals surface area contributed by atoms with E-state index in [1.165, 1.54) is 17.7 Å². The maximum absolute atomic E-state index is 9.33. The number of anilines is 4. The minimum atomic E-state index is -0.699. The molecular formula is C64H47N4Pt-3. The molecule has 4 nitrogen and oxygen atoms in total. The van der Waals surface area contributed by atoms with E-state index in [1.807, 2.05) is 71.8 Å². The molecule has 69 heavy (non-hydrogen) atoms. The molecule has 3 heterocycles. The molecule has 1 aliphatic rings. The van der Waals surface area contributed by atoms with Crippen molar-refractivity contribution in [1.29, 1.82) is 0 Å². The minimum absolute atomic E-state index is 0. The van der Waals surface area contributed by atoms with Crippen LogP contribution in [0.1, 0.15) is 56.7 Å². The van der Waals surface area contributed by atoms with Crippen LogP contribution in [0.5, 0.6) is 0 Å². The van der Waals surface area contributed by atoms with Crippen molar-refractivity contribution in [3.05, 3.63) is 271 Å². The second kappa shape index (κ2) is 18.4. The van der Waals surface area contributed by atoms with Crippen molar-refractivity contribution < 1.29 is 41.6 Å². The maximum atomic E-state index is 9.33. The maximum Gasteiger partial charge on any atom is 0.135 e. The third-order valence-electron chi connectivity index (χ3n) is 12.6. The normalized spacial score (nSPS) is 15.4. The molecular weight excluding hydrogens is 1020 g/mol. The Labute approximate surface area is 440 Å². The zero-order valence-electron chi connectivity index (χ0n) is 52.2. The number of hydrogen-bond acceptors (Lipinski definition) is 3. The molecule has 12 rings (SSSR count). The standard InChI is InChI=1S/C64H47N4.Pt/c1-64(2,51-27-13-6-14-28-51)52-36-37-65-62(43-52)68-58-31-16-15-30-54(58)55-35-34-46(40-61(55)68)38-45-20-19-29-53(39-45)66-44-67(60-33-18-17-32-59(60)66)63-56(48-23-9-4-10-24-48)41-50(47-21-7-3-8-22-47)42-57(63)49-25-11-5-12-26-49;/h3-37,41-44H,38H2,1-2H3;/q-3;/i3D,4D,5D,7D,8D,9D,10D,11D,12D,21D,22D,23D,24D,25D,26D;. The van der Waals surface area contributed by atoms with Gasteiger partial charge < -0.3 is 14.4 Å². The van der Waals surface area contributed by atoms with Crippen molar-refractivity contribution in [1.82, 2.24) is 9.55 Å². The monoisotopic (exact) mass is 1080 g/mol. The van der Waals surface area contributed by atoms with E-state index in [1.54, 1.807) is 23.7 Å². The largest absolute Gasteiger partial charge is 0.493 e. The van der Waals surface area contributed by atoms with Crippen molar-refractivity contribution in [2.24, 2.45) is 0 Å². The molecule has 0 atom stereocenters. The van der Waals surface area contributed by atoms with Gasteiger partial charge in [-0.25, -0.2) is 4.98 Å². The second-order valence-corrected chi connectivity index (χ2v) is 17.0. The first-order chi connectivity index (χ1) is 39.7. The van der Waals surface area contributed by atoms with E-state index < -0.39 is 90.6 Å². The summed E-state index contributed by atoms with van der Waals surface area (Å²) in [5, 5.41) is 2.06. The number of hydrogen-bond donors (Lipinski definition) is 0. The summed E-state index contributed by atoms with van der Waals surface area (Å²) in [4.78, 5) is 8.40. The first-order valence-corrected chi connectivity index (χ1v) is 22.1. The van der Waals surface area contributed by atoms with Crippen LogP contribution in [-0.2, 0) is 32.9 Å². The number of aromatic nitrogens is 2. The Morgan fingerprint density at radius 1 is 0.536 bits per heavy atom. The number of nitrogens with zero attached hydrogens (tertiary/aromatic N) is 4. The molecule has 0 saturated carbocycles. The SMILES string of the molecule is [2H]c1c([2H])c([2H])c(-c2cc(-c3c([2H])c([2H])c([2H])c([2H])c3[2H])c(N3[CH-]N(c4[c-]c(Cc5[c-]c6c(cc5)c5ccccc5n6-c5cc(C(C)(C)c6ccccc6)ccn5)ccc4)c4ccccc43)c(-c3c([2H])c([2H])c([2H])c([2H])c3[2H])c2)c([2H])c1[2H].[Pt]. The van der Waals surface area contributed by atoms with Gasteiger partial charge in [-0.1, -0.05) is 171 Å². The summed E-state index contributed by atoms with van der Waals surface area (Å²) in [6, 6.07) is 39.8. The van der Waals surface area contributed by atoms with Crippen molar-refractivity contribution >= 4 is 44.6 Å². The first-order valence-electron chi connectivity index (χ1n) is 29.6. The van der Waals surface area contributed by atoms with Gasteiger partial charge in [-0.05, 0) is 87.7 Å². The van der Waals surface area contributed by atoms with Gasteiger partial charge in [-0.2, -0.15) is 53.6 Å². The zero-order valence-corrected chi connectivity index (χ0v) is 39.4. The molecule has 11 aromatic rings. The Morgan fingerprint density at radius 2 is 1.14 bits per heavy atom. The Morgan fingerprint density at radius 3 is 1.84 bits per heavy atom. The topological polar surface area (TPSA) is 24.3 Å². The van der Waals surface area contributed by atoms with E-state index in [0.717, 1.165) is 44.3 Å². The summed E-state index contributed by atoms with van der Waals surface area (Å²) >= 11 is 0. The smallest absolute Gasteiger partial charge is 0.135 e. The van der Waals surface area contributed by atoms with Crippen LogP contribution >= 0.6 is 0 Å². The van der Waals surface area contributed by atoms with Gasteiger partial charge in [0.15, 0.2) is 0 Å². The van der Waals surface area contributed by atoms with E-state index in [9.17, 15) is 5.48 Å². The first kappa shape index (κ1) is 29.9. The quantitative estimate of drug-likeness (QED) is 0.128. The minimum Gasteiger partial charge on any atom is -0.493 e. The molecule has 0 bridgehead atoms. The number of fused-ring (bicyclic) bond motifs is 4. The van der Waals surface area contributed by atoms with E-state index >= 15 is 0 Å². The Bertz CT molecular complexity index is 4350. The zero-order chi connectivity index (χ0) is 58.7. The van der Waals surface area contributed by atoms with Gasteiger partial charge in [-0.3, -0.25) is 0 Å². The van der Waals surface area contributed by atoms with E-state index in [4.69, 9.17) is 20.1 Å². The molecule has 0 spiro atoms. The van der Waals surface area contributed by atoms with Gasteiger partial charge in [0.25, 0.3) is 0 Å². The molecule has 0 saturated heterocycles. The molecule has 0 aliphatic carbocycles. The second-order valence-electron chi connectivity index (χ2n) is 17.0. The molecule has 5 heteroatoms. The van der Waals surface area contributed by atoms with Crippen LogP contribution in [0.2, 0.25) is 0 Å². The van der Waals surface area contributed by atoms with Gasteiger partial charge in [0.05, 0.1) is 20.6 Å². The van der Waals surface area contributed by atoms with E-state index in [0.29, 0.717) is 23.5 Å². The average Bonchev–Trinajstić information content (AvgIpc) is 1.77. The van der Waals surface area contributed by atoms with Gasteiger partial charge in [0, 0.05) is 66.4 Å². The third-order valence-corrected chi connectivity index (χ3v) is 12.6. The summed E-state index contributed by atoms with van der Waals surface area (Å²) < 4.78 is 135. The number of pyridine rings is 1. The molecule has 0 amide bonds. The predicted molar refractivity (Wildman–Crippen MR) is 282 cm³/mol. The molecule has 0 N–H and O–H groups in total. The fraction of sp³-hybridized carbons (Fsp3) is 0.0625. The summed E-state index contributed by atoms with van der Waals surface area (Å²) in [6.45, 7) is 6.08. The van der Waals surface area contributed by atoms with Crippen molar-refractivity contribution in [3.63, 3.8) is 0 Å². The van der Waals surface area contributed by atoms with Crippen LogP contribution in [0.25, 0.3) is 61.0 Å². The molecule has 9 aromatic carbocycles. The fourth-order valence-corrected chi connectivity index (χ4v) is 9.24. The van der Waals surface area contributed by atoms with Crippen LogP contribution < -0.4 is 9.80 Å². The molecule has 0 fully saturated rings. The van der Waals surface area contributed by atoms with Gasteiger partial charge >= 0.3 is 0 Å². The molecule has 2 aromatic heterocycles. The van der Waals surface area contributed by atoms with Crippen LogP contribution in [0.4, 0.5) is 22.7 Å². The average molecular weight is 1080 g/mol. The van der Waals surface area contributed by atoms with Crippen LogP contribution in [-0.4, -0.2) is 9.55 Å². The number of para-hydroxylation sites is 3. The van der Waals surface area contributed by atoms with Gasteiger partial charge in [-0.15, -0.1) is 17.7 Å². The Kier molecular flexibility index (Phi) is 7.95. The van der Waals surface area contributed by atoms with Crippen LogP contribution in [0, 0.1) is 18.8 Å². The summed E-state index contributed by atoms with van der Waals surface area (Å²) in [5.74, 6) is 0.751.